The number of nitrogens with two attached hydrogens (primary N) is 1. The molecule has 0 aliphatic heterocycles. The number of furan rings is 1. The normalized spacial score (nSPS) is 14.1. The van der Waals surface area contributed by atoms with E-state index in [0.29, 0.717) is 28.7 Å². The monoisotopic (exact) mass is 531 g/mol. The minimum atomic E-state index is -4.25. The van der Waals surface area contributed by atoms with Gasteiger partial charge >= 0.3 is 0 Å². The number of benzene rings is 1. The van der Waals surface area contributed by atoms with Gasteiger partial charge in [0.25, 0.3) is 0 Å². The van der Waals surface area contributed by atoms with E-state index in [1.54, 1.807) is 37.3 Å². The SMILES string of the molecule is COc1cccc(OC)c1-n1c(NS(=O)(=O)[C@H](C)C(C)(N)c2ncc(F)cn2)nnc1-c1ccc(C)o1. The fraction of sp³-hybridized carbons (Fsp3) is 0.304. The molecule has 0 bridgehead atoms. The number of halogens is 1. The van der Waals surface area contributed by atoms with Crippen molar-refractivity contribution in [3.8, 4) is 28.8 Å². The molecule has 0 saturated carbocycles. The first-order valence-electron chi connectivity index (χ1n) is 11.0. The molecular formula is C23H26FN7O5S. The first-order chi connectivity index (χ1) is 17.5. The van der Waals surface area contributed by atoms with Crippen LogP contribution in [0.15, 0.2) is 47.1 Å². The van der Waals surface area contributed by atoms with E-state index in [-0.39, 0.29) is 17.6 Å². The number of nitrogens with zero attached hydrogens (tertiary/aromatic N) is 5. The summed E-state index contributed by atoms with van der Waals surface area (Å²) in [5.74, 6) is 0.971. The first-order valence-corrected chi connectivity index (χ1v) is 12.6. The van der Waals surface area contributed by atoms with Gasteiger partial charge in [-0.05, 0) is 45.0 Å². The summed E-state index contributed by atoms with van der Waals surface area (Å²) in [4.78, 5) is 7.73. The maximum atomic E-state index is 13.5. The van der Waals surface area contributed by atoms with E-state index in [1.165, 1.54) is 32.6 Å². The second-order valence-corrected chi connectivity index (χ2v) is 10.4. The van der Waals surface area contributed by atoms with Gasteiger partial charge in [0.15, 0.2) is 11.6 Å². The number of hydrogen-bond acceptors (Lipinski definition) is 10. The van der Waals surface area contributed by atoms with Crippen molar-refractivity contribution in [3.05, 3.63) is 60.1 Å². The maximum Gasteiger partial charge on any atom is 0.243 e. The second kappa shape index (κ2) is 9.78. The van der Waals surface area contributed by atoms with Crippen molar-refractivity contribution < 1.29 is 26.7 Å². The lowest BCUT2D eigenvalue weighted by atomic mass is 9.99. The third kappa shape index (κ3) is 4.84. The third-order valence-corrected chi connectivity index (χ3v) is 7.78. The summed E-state index contributed by atoms with van der Waals surface area (Å²) in [5.41, 5.74) is 5.09. The number of rotatable bonds is 9. The van der Waals surface area contributed by atoms with E-state index in [4.69, 9.17) is 19.6 Å². The molecule has 3 heterocycles. The predicted octanol–water partition coefficient (Wildman–Crippen LogP) is 2.79. The molecule has 4 rings (SSSR count). The summed E-state index contributed by atoms with van der Waals surface area (Å²) >= 11 is 0. The highest BCUT2D eigenvalue weighted by Crippen LogP contribution is 2.38. The molecule has 37 heavy (non-hydrogen) atoms. The van der Waals surface area contributed by atoms with Gasteiger partial charge in [-0.25, -0.2) is 22.8 Å². The number of sulfonamides is 1. The van der Waals surface area contributed by atoms with Crippen molar-refractivity contribution >= 4 is 16.0 Å². The molecule has 0 fully saturated rings. The number of anilines is 1. The van der Waals surface area contributed by atoms with Crippen molar-refractivity contribution in [1.82, 2.24) is 24.7 Å². The lowest BCUT2D eigenvalue weighted by Crippen LogP contribution is -2.50. The zero-order valence-corrected chi connectivity index (χ0v) is 21.6. The van der Waals surface area contributed by atoms with Crippen molar-refractivity contribution in [3.63, 3.8) is 0 Å². The number of ether oxygens (including phenoxy) is 2. The molecule has 0 amide bonds. The van der Waals surface area contributed by atoms with Crippen LogP contribution in [0.5, 0.6) is 11.5 Å². The topological polar surface area (TPSA) is 160 Å². The van der Waals surface area contributed by atoms with Crippen LogP contribution >= 0.6 is 0 Å². The molecule has 12 nitrogen and oxygen atoms in total. The molecule has 2 atom stereocenters. The molecule has 1 aromatic carbocycles. The first kappa shape index (κ1) is 26.0. The molecule has 0 aliphatic rings. The summed E-state index contributed by atoms with van der Waals surface area (Å²) in [6, 6.07) is 8.50. The van der Waals surface area contributed by atoms with E-state index in [2.05, 4.69) is 24.9 Å². The third-order valence-electron chi connectivity index (χ3n) is 5.89. The fourth-order valence-electron chi connectivity index (χ4n) is 3.64. The Balaban J connectivity index is 1.84. The lowest BCUT2D eigenvalue weighted by Gasteiger charge is -2.29. The predicted molar refractivity (Wildman–Crippen MR) is 132 cm³/mol. The van der Waals surface area contributed by atoms with Crippen LogP contribution in [0.3, 0.4) is 0 Å². The van der Waals surface area contributed by atoms with Gasteiger partial charge in [-0.15, -0.1) is 10.2 Å². The van der Waals surface area contributed by atoms with E-state index in [9.17, 15) is 12.8 Å². The zero-order valence-electron chi connectivity index (χ0n) is 20.8. The van der Waals surface area contributed by atoms with E-state index >= 15 is 0 Å². The smallest absolute Gasteiger partial charge is 0.243 e. The van der Waals surface area contributed by atoms with Gasteiger partial charge in [-0.2, -0.15) is 0 Å². The average Bonchev–Trinajstić information content (AvgIpc) is 3.48. The zero-order chi connectivity index (χ0) is 27.0. The Labute approximate surface area is 212 Å². The number of aryl methyl sites for hydroxylation is 1. The molecule has 1 unspecified atom stereocenters. The van der Waals surface area contributed by atoms with Gasteiger partial charge in [-0.3, -0.25) is 9.29 Å². The minimum Gasteiger partial charge on any atom is -0.494 e. The number of aromatic nitrogens is 5. The van der Waals surface area contributed by atoms with Gasteiger partial charge in [0, 0.05) is 0 Å². The summed E-state index contributed by atoms with van der Waals surface area (Å²) in [5, 5.41) is 6.99. The van der Waals surface area contributed by atoms with Crippen molar-refractivity contribution in [1.29, 1.82) is 0 Å². The van der Waals surface area contributed by atoms with Gasteiger partial charge in [0.1, 0.15) is 34.0 Å². The van der Waals surface area contributed by atoms with Gasteiger partial charge < -0.3 is 19.6 Å². The number of hydrogen-bond donors (Lipinski definition) is 2. The molecule has 3 N–H and O–H groups in total. The van der Waals surface area contributed by atoms with Crippen LogP contribution < -0.4 is 19.9 Å². The van der Waals surface area contributed by atoms with Crippen LogP contribution in [0.4, 0.5) is 10.3 Å². The largest absolute Gasteiger partial charge is 0.494 e. The summed E-state index contributed by atoms with van der Waals surface area (Å²) in [6.45, 7) is 4.59. The number of para-hydroxylation sites is 1. The Morgan fingerprint density at radius 2 is 1.73 bits per heavy atom. The Morgan fingerprint density at radius 3 is 2.27 bits per heavy atom. The molecule has 0 spiro atoms. The highest BCUT2D eigenvalue weighted by molar-refractivity contribution is 7.93. The fourth-order valence-corrected chi connectivity index (χ4v) is 4.95. The molecule has 0 saturated heterocycles. The molecule has 0 radical (unpaired) electrons. The quantitative estimate of drug-likeness (QED) is 0.329. The van der Waals surface area contributed by atoms with E-state index in [0.717, 1.165) is 12.4 Å². The highest BCUT2D eigenvalue weighted by atomic mass is 32.2. The Kier molecular flexibility index (Phi) is 6.88. The van der Waals surface area contributed by atoms with Crippen LogP contribution in [0, 0.1) is 12.7 Å². The van der Waals surface area contributed by atoms with Crippen LogP contribution in [-0.4, -0.2) is 52.6 Å². The summed E-state index contributed by atoms with van der Waals surface area (Å²) in [6.07, 6.45) is 1.84. The lowest BCUT2D eigenvalue weighted by molar-refractivity contribution is 0.391. The van der Waals surface area contributed by atoms with Crippen molar-refractivity contribution in [2.45, 2.75) is 31.6 Å². The van der Waals surface area contributed by atoms with Crippen molar-refractivity contribution in [2.24, 2.45) is 5.73 Å². The molecule has 3 aromatic heterocycles. The molecule has 14 heteroatoms. The molecular weight excluding hydrogens is 505 g/mol. The molecule has 4 aromatic rings. The van der Waals surface area contributed by atoms with Crippen LogP contribution in [0.2, 0.25) is 0 Å². The maximum absolute atomic E-state index is 13.5. The van der Waals surface area contributed by atoms with E-state index < -0.39 is 26.6 Å². The Morgan fingerprint density at radius 1 is 1.11 bits per heavy atom. The number of nitrogens with one attached hydrogen (secondary N) is 1. The van der Waals surface area contributed by atoms with Gasteiger partial charge in [-0.1, -0.05) is 6.07 Å². The highest BCUT2D eigenvalue weighted by Gasteiger charge is 2.41. The van der Waals surface area contributed by atoms with Crippen LogP contribution in [-0.2, 0) is 15.6 Å². The van der Waals surface area contributed by atoms with Crippen LogP contribution in [0.1, 0.15) is 25.4 Å². The summed E-state index contributed by atoms with van der Waals surface area (Å²) in [7, 11) is -1.31. The minimum absolute atomic E-state index is 0.0496. The summed E-state index contributed by atoms with van der Waals surface area (Å²) < 4.78 is 61.1. The number of methoxy groups -OCH3 is 2. The Hall–Kier alpha value is -4.04. The molecule has 0 aliphatic carbocycles. The van der Waals surface area contributed by atoms with Gasteiger partial charge in [0.05, 0.1) is 32.2 Å². The van der Waals surface area contributed by atoms with Crippen LogP contribution in [0.25, 0.3) is 17.3 Å². The Bertz CT molecular complexity index is 1490. The van der Waals surface area contributed by atoms with Crippen molar-refractivity contribution in [2.75, 3.05) is 18.9 Å². The average molecular weight is 532 g/mol. The second-order valence-electron chi connectivity index (χ2n) is 8.40. The van der Waals surface area contributed by atoms with E-state index in [1.807, 2.05) is 0 Å². The molecule has 196 valence electrons. The standard InChI is InChI=1S/C23H26FN7O5S/c1-13-9-10-18(36-13)20-28-29-22(31(20)19-16(34-4)7-6-8-17(19)35-5)30-37(32,33)14(2)23(3,25)21-26-11-15(24)12-27-21/h6-12,14H,25H2,1-5H3,(H,29,30)/t14-,23?/m1/s1. The van der Waals surface area contributed by atoms with Gasteiger partial charge in [0.2, 0.25) is 21.8 Å².